The number of halogens is 1. The van der Waals surface area contributed by atoms with Gasteiger partial charge in [-0.05, 0) is 30.7 Å². The van der Waals surface area contributed by atoms with E-state index in [9.17, 15) is 9.18 Å². The Kier molecular flexibility index (Phi) is 4.63. The lowest BCUT2D eigenvalue weighted by Crippen LogP contribution is -2.17. The topological polar surface area (TPSA) is 71.7 Å². The quantitative estimate of drug-likeness (QED) is 0.439. The average molecular weight is 373 g/mol. The molecule has 1 N–H and O–H groups in total. The molecule has 0 spiro atoms. The van der Waals surface area contributed by atoms with Crippen LogP contribution in [0.2, 0.25) is 0 Å². The van der Waals surface area contributed by atoms with E-state index >= 15 is 0 Å². The molecule has 0 unspecified atom stereocenters. The monoisotopic (exact) mass is 373 g/mol. The number of hydrazone groups is 1. The maximum absolute atomic E-state index is 13.2. The first-order chi connectivity index (χ1) is 13.6. The minimum Gasteiger partial charge on any atom is -0.267 e. The van der Waals surface area contributed by atoms with E-state index in [4.69, 9.17) is 0 Å². The molecule has 138 valence electrons. The van der Waals surface area contributed by atoms with E-state index in [1.54, 1.807) is 16.6 Å². The van der Waals surface area contributed by atoms with Crippen LogP contribution in [0, 0.1) is 12.7 Å². The Morgan fingerprint density at radius 2 is 1.96 bits per heavy atom. The van der Waals surface area contributed by atoms with E-state index < -0.39 is 5.91 Å². The van der Waals surface area contributed by atoms with Gasteiger partial charge < -0.3 is 0 Å². The van der Waals surface area contributed by atoms with Crippen molar-refractivity contribution in [2.24, 2.45) is 5.10 Å². The summed E-state index contributed by atoms with van der Waals surface area (Å²) in [7, 11) is 0. The first-order valence-electron chi connectivity index (χ1n) is 8.61. The molecule has 0 atom stereocenters. The van der Waals surface area contributed by atoms with Crippen molar-refractivity contribution in [3.05, 3.63) is 89.5 Å². The standard InChI is InChI=1S/C21H16FN5O/c1-14-10-19(16-7-3-2-4-8-16)25-20-18(13-24-27(14)20)21(28)26-23-12-15-6-5-9-17(22)11-15/h2-13H,1H3,(H,26,28)/b23-12-. The van der Waals surface area contributed by atoms with Crippen molar-refractivity contribution in [3.8, 4) is 11.3 Å². The Bertz CT molecular complexity index is 1180. The SMILES string of the molecule is Cc1cc(-c2ccccc2)nc2c(C(=O)N/N=C\c3cccc(F)c3)cnn12. The fourth-order valence-electron chi connectivity index (χ4n) is 2.84. The van der Waals surface area contributed by atoms with Gasteiger partial charge in [0.05, 0.1) is 18.1 Å². The summed E-state index contributed by atoms with van der Waals surface area (Å²) >= 11 is 0. The highest BCUT2D eigenvalue weighted by Crippen LogP contribution is 2.20. The predicted molar refractivity (Wildman–Crippen MR) is 105 cm³/mol. The van der Waals surface area contributed by atoms with E-state index in [1.807, 2.05) is 43.3 Å². The molecular weight excluding hydrogens is 357 g/mol. The zero-order valence-corrected chi connectivity index (χ0v) is 15.0. The molecule has 28 heavy (non-hydrogen) atoms. The summed E-state index contributed by atoms with van der Waals surface area (Å²) in [4.78, 5) is 17.1. The summed E-state index contributed by atoms with van der Waals surface area (Å²) in [6, 6.07) is 17.5. The van der Waals surface area contributed by atoms with Crippen LogP contribution in [0.5, 0.6) is 0 Å². The lowest BCUT2D eigenvalue weighted by Gasteiger charge is -2.05. The summed E-state index contributed by atoms with van der Waals surface area (Å²) in [6.45, 7) is 1.90. The van der Waals surface area contributed by atoms with Gasteiger partial charge in [0.25, 0.3) is 5.91 Å². The smallest absolute Gasteiger partial charge is 0.267 e. The second-order valence-corrected chi connectivity index (χ2v) is 6.20. The second-order valence-electron chi connectivity index (χ2n) is 6.20. The molecule has 0 aliphatic carbocycles. The van der Waals surface area contributed by atoms with Crippen LogP contribution in [0.15, 0.2) is 72.0 Å². The fourth-order valence-corrected chi connectivity index (χ4v) is 2.84. The Morgan fingerprint density at radius 3 is 2.75 bits per heavy atom. The van der Waals surface area contributed by atoms with Crippen molar-refractivity contribution < 1.29 is 9.18 Å². The summed E-state index contributed by atoms with van der Waals surface area (Å²) < 4.78 is 14.8. The molecule has 6 nitrogen and oxygen atoms in total. The number of carbonyl (C=O) groups is 1. The molecule has 2 aromatic carbocycles. The van der Waals surface area contributed by atoms with Gasteiger partial charge in [-0.2, -0.15) is 10.2 Å². The van der Waals surface area contributed by atoms with Crippen molar-refractivity contribution in [3.63, 3.8) is 0 Å². The first kappa shape index (κ1) is 17.5. The Balaban J connectivity index is 1.63. The van der Waals surface area contributed by atoms with Gasteiger partial charge in [0.1, 0.15) is 11.4 Å². The maximum atomic E-state index is 13.2. The first-order valence-corrected chi connectivity index (χ1v) is 8.61. The molecule has 0 saturated carbocycles. The normalized spacial score (nSPS) is 11.2. The van der Waals surface area contributed by atoms with E-state index in [-0.39, 0.29) is 5.82 Å². The zero-order chi connectivity index (χ0) is 19.5. The molecule has 0 bridgehead atoms. The lowest BCUT2D eigenvalue weighted by atomic mass is 10.1. The van der Waals surface area contributed by atoms with Crippen LogP contribution in [0.4, 0.5) is 4.39 Å². The molecule has 2 heterocycles. The number of hydrogen-bond donors (Lipinski definition) is 1. The van der Waals surface area contributed by atoms with E-state index in [2.05, 4.69) is 20.6 Å². The second kappa shape index (κ2) is 7.40. The third-order valence-corrected chi connectivity index (χ3v) is 4.19. The number of rotatable bonds is 4. The van der Waals surface area contributed by atoms with Crippen LogP contribution in [0.3, 0.4) is 0 Å². The number of fused-ring (bicyclic) bond motifs is 1. The number of aromatic nitrogens is 3. The Morgan fingerprint density at radius 1 is 1.14 bits per heavy atom. The van der Waals surface area contributed by atoms with Crippen molar-refractivity contribution in [1.82, 2.24) is 20.0 Å². The molecular formula is C21H16FN5O. The molecule has 4 rings (SSSR count). The fraction of sp³-hybridized carbons (Fsp3) is 0.0476. The van der Waals surface area contributed by atoms with Gasteiger partial charge in [0, 0.05) is 11.3 Å². The Labute approximate surface area is 160 Å². The van der Waals surface area contributed by atoms with Gasteiger partial charge >= 0.3 is 0 Å². The molecule has 0 saturated heterocycles. The molecule has 1 amide bonds. The minimum atomic E-state index is -0.445. The molecule has 4 aromatic rings. The molecule has 0 aliphatic rings. The highest BCUT2D eigenvalue weighted by Gasteiger charge is 2.16. The molecule has 7 heteroatoms. The summed E-state index contributed by atoms with van der Waals surface area (Å²) in [5.74, 6) is -0.814. The van der Waals surface area contributed by atoms with Crippen molar-refractivity contribution >= 4 is 17.8 Å². The minimum absolute atomic E-state index is 0.303. The highest BCUT2D eigenvalue weighted by atomic mass is 19.1. The van der Waals surface area contributed by atoms with Crippen LogP contribution in [0.25, 0.3) is 16.9 Å². The number of carbonyl (C=O) groups excluding carboxylic acids is 1. The zero-order valence-electron chi connectivity index (χ0n) is 15.0. The van der Waals surface area contributed by atoms with Gasteiger partial charge in [-0.25, -0.2) is 19.3 Å². The molecule has 2 aromatic heterocycles. The van der Waals surface area contributed by atoms with Crippen molar-refractivity contribution in [2.75, 3.05) is 0 Å². The van der Waals surface area contributed by atoms with Gasteiger partial charge in [-0.1, -0.05) is 42.5 Å². The van der Waals surface area contributed by atoms with Crippen molar-refractivity contribution in [2.45, 2.75) is 6.92 Å². The van der Waals surface area contributed by atoms with E-state index in [1.165, 1.54) is 24.5 Å². The van der Waals surface area contributed by atoms with Crippen LogP contribution in [-0.2, 0) is 0 Å². The van der Waals surface area contributed by atoms with Crippen LogP contribution < -0.4 is 5.43 Å². The number of benzene rings is 2. The molecule has 0 radical (unpaired) electrons. The van der Waals surface area contributed by atoms with Crippen molar-refractivity contribution in [1.29, 1.82) is 0 Å². The highest BCUT2D eigenvalue weighted by molar-refractivity contribution is 6.00. The Hall–Kier alpha value is -3.87. The van der Waals surface area contributed by atoms with Crippen LogP contribution in [0.1, 0.15) is 21.6 Å². The summed E-state index contributed by atoms with van der Waals surface area (Å²) in [5.41, 5.74) is 6.28. The van der Waals surface area contributed by atoms with Crippen LogP contribution >= 0.6 is 0 Å². The predicted octanol–water partition coefficient (Wildman–Crippen LogP) is 3.61. The number of hydrogen-bond acceptors (Lipinski definition) is 4. The van der Waals surface area contributed by atoms with Gasteiger partial charge in [-0.3, -0.25) is 4.79 Å². The lowest BCUT2D eigenvalue weighted by molar-refractivity contribution is 0.0956. The molecule has 0 aliphatic heterocycles. The third-order valence-electron chi connectivity index (χ3n) is 4.19. The van der Waals surface area contributed by atoms with Gasteiger partial charge in [0.15, 0.2) is 5.65 Å². The number of aryl methyl sites for hydroxylation is 1. The number of nitrogens with one attached hydrogen (secondary N) is 1. The number of nitrogens with zero attached hydrogens (tertiary/aromatic N) is 4. The van der Waals surface area contributed by atoms with Crippen LogP contribution in [-0.4, -0.2) is 26.7 Å². The largest absolute Gasteiger partial charge is 0.276 e. The van der Waals surface area contributed by atoms with E-state index in [0.717, 1.165) is 17.0 Å². The average Bonchev–Trinajstić information content (AvgIpc) is 3.13. The van der Waals surface area contributed by atoms with E-state index in [0.29, 0.717) is 16.8 Å². The molecule has 0 fully saturated rings. The summed E-state index contributed by atoms with van der Waals surface area (Å²) in [5, 5.41) is 8.14. The third kappa shape index (κ3) is 3.50. The van der Waals surface area contributed by atoms with Gasteiger partial charge in [0.2, 0.25) is 0 Å². The number of amides is 1. The van der Waals surface area contributed by atoms with Gasteiger partial charge in [-0.15, -0.1) is 0 Å². The summed E-state index contributed by atoms with van der Waals surface area (Å²) in [6.07, 6.45) is 2.83. The maximum Gasteiger partial charge on any atom is 0.276 e.